The van der Waals surface area contributed by atoms with Crippen molar-refractivity contribution in [3.05, 3.63) is 0 Å². The number of halogens is 1. The van der Waals surface area contributed by atoms with Crippen LogP contribution >= 0.6 is 12.4 Å². The van der Waals surface area contributed by atoms with Crippen molar-refractivity contribution in [1.82, 2.24) is 10.2 Å². The molecule has 0 spiro atoms. The van der Waals surface area contributed by atoms with E-state index in [1.807, 2.05) is 0 Å². The van der Waals surface area contributed by atoms with Gasteiger partial charge in [0.2, 0.25) is 0 Å². The van der Waals surface area contributed by atoms with Gasteiger partial charge in [-0.15, -0.1) is 12.4 Å². The van der Waals surface area contributed by atoms with E-state index in [-0.39, 0.29) is 12.4 Å². The Labute approximate surface area is 113 Å². The minimum Gasteiger partial charge on any atom is -0.317 e. The predicted octanol–water partition coefficient (Wildman–Crippen LogP) is 3.06. The molecule has 17 heavy (non-hydrogen) atoms. The van der Waals surface area contributed by atoms with E-state index in [2.05, 4.69) is 17.1 Å². The molecule has 0 radical (unpaired) electrons. The molecule has 1 N–H and O–H groups in total. The summed E-state index contributed by atoms with van der Waals surface area (Å²) in [6.45, 7) is 7.60. The van der Waals surface area contributed by atoms with E-state index in [0.29, 0.717) is 0 Å². The summed E-state index contributed by atoms with van der Waals surface area (Å²) in [5.41, 5.74) is 0. The number of hydrogen-bond donors (Lipinski definition) is 1. The Hall–Kier alpha value is 0.210. The van der Waals surface area contributed by atoms with Crippen LogP contribution in [0.5, 0.6) is 0 Å². The number of rotatable bonds is 3. The summed E-state index contributed by atoms with van der Waals surface area (Å²) in [5, 5.41) is 3.47. The third-order valence-corrected chi connectivity index (χ3v) is 4.42. The first-order valence-electron chi connectivity index (χ1n) is 7.35. The van der Waals surface area contributed by atoms with Gasteiger partial charge >= 0.3 is 0 Å². The van der Waals surface area contributed by atoms with Crippen molar-refractivity contribution in [2.75, 3.05) is 26.2 Å². The number of nitrogens with zero attached hydrogens (tertiary/aromatic N) is 1. The van der Waals surface area contributed by atoms with Crippen LogP contribution in [0.15, 0.2) is 0 Å². The van der Waals surface area contributed by atoms with Gasteiger partial charge in [0.05, 0.1) is 0 Å². The van der Waals surface area contributed by atoms with Gasteiger partial charge in [0, 0.05) is 12.6 Å². The summed E-state index contributed by atoms with van der Waals surface area (Å²) in [6.07, 6.45) is 9.94. The Morgan fingerprint density at radius 1 is 1.06 bits per heavy atom. The number of likely N-dealkylation sites (tertiary alicyclic amines) is 1. The second-order valence-electron chi connectivity index (χ2n) is 5.60. The summed E-state index contributed by atoms with van der Waals surface area (Å²) >= 11 is 0. The lowest BCUT2D eigenvalue weighted by molar-refractivity contribution is 0.150. The van der Waals surface area contributed by atoms with Gasteiger partial charge in [0.25, 0.3) is 0 Å². The molecule has 2 nitrogen and oxygen atoms in total. The summed E-state index contributed by atoms with van der Waals surface area (Å²) < 4.78 is 0. The maximum atomic E-state index is 3.47. The van der Waals surface area contributed by atoms with Crippen molar-refractivity contribution in [2.45, 2.75) is 57.9 Å². The zero-order chi connectivity index (χ0) is 11.2. The van der Waals surface area contributed by atoms with Gasteiger partial charge in [-0.05, 0) is 57.7 Å². The number of hydrogen-bond acceptors (Lipinski definition) is 2. The van der Waals surface area contributed by atoms with Crippen molar-refractivity contribution >= 4 is 12.4 Å². The van der Waals surface area contributed by atoms with Gasteiger partial charge < -0.3 is 10.2 Å². The minimum atomic E-state index is 0. The maximum absolute atomic E-state index is 3.47. The molecule has 2 rings (SSSR count). The van der Waals surface area contributed by atoms with Crippen molar-refractivity contribution in [3.63, 3.8) is 0 Å². The molecule has 0 aromatic heterocycles. The molecule has 2 heterocycles. The predicted molar refractivity (Wildman–Crippen MR) is 77.0 cm³/mol. The molecular weight excluding hydrogens is 232 g/mol. The molecule has 2 fully saturated rings. The van der Waals surface area contributed by atoms with Crippen molar-refractivity contribution in [1.29, 1.82) is 0 Å². The SMILES string of the molecule is CCC1CCCCCN1CC1CCNCC1.Cl. The molecule has 0 saturated carbocycles. The van der Waals surface area contributed by atoms with Gasteiger partial charge in [0.1, 0.15) is 0 Å². The van der Waals surface area contributed by atoms with E-state index in [9.17, 15) is 0 Å². The molecule has 0 amide bonds. The van der Waals surface area contributed by atoms with Crippen LogP contribution in [0, 0.1) is 5.92 Å². The molecule has 2 aliphatic heterocycles. The molecule has 0 aliphatic carbocycles. The van der Waals surface area contributed by atoms with Crippen LogP contribution in [0.1, 0.15) is 51.9 Å². The fourth-order valence-electron chi connectivity index (χ4n) is 3.34. The smallest absolute Gasteiger partial charge is 0.00927 e. The third kappa shape index (κ3) is 4.76. The zero-order valence-electron chi connectivity index (χ0n) is 11.3. The van der Waals surface area contributed by atoms with Gasteiger partial charge in [-0.25, -0.2) is 0 Å². The second kappa shape index (κ2) is 8.34. The highest BCUT2D eigenvalue weighted by molar-refractivity contribution is 5.85. The second-order valence-corrected chi connectivity index (χ2v) is 5.60. The Balaban J connectivity index is 0.00000144. The summed E-state index contributed by atoms with van der Waals surface area (Å²) in [6, 6.07) is 0.886. The average molecular weight is 261 g/mol. The molecule has 0 aromatic rings. The normalized spacial score (nSPS) is 28.4. The number of piperidine rings is 1. The molecule has 1 atom stereocenters. The van der Waals surface area contributed by atoms with Crippen LogP contribution in [-0.2, 0) is 0 Å². The summed E-state index contributed by atoms with van der Waals surface area (Å²) in [5.74, 6) is 0.966. The summed E-state index contributed by atoms with van der Waals surface area (Å²) in [4.78, 5) is 2.81. The van der Waals surface area contributed by atoms with Crippen molar-refractivity contribution < 1.29 is 0 Å². The molecule has 3 heteroatoms. The Bertz CT molecular complexity index is 193. The monoisotopic (exact) mass is 260 g/mol. The van der Waals surface area contributed by atoms with E-state index in [4.69, 9.17) is 0 Å². The topological polar surface area (TPSA) is 15.3 Å². The molecule has 2 aliphatic rings. The number of nitrogens with one attached hydrogen (secondary N) is 1. The van der Waals surface area contributed by atoms with Crippen LogP contribution in [-0.4, -0.2) is 37.1 Å². The van der Waals surface area contributed by atoms with Crippen molar-refractivity contribution in [2.24, 2.45) is 5.92 Å². The van der Waals surface area contributed by atoms with Gasteiger partial charge in [-0.1, -0.05) is 19.8 Å². The molecule has 0 bridgehead atoms. The lowest BCUT2D eigenvalue weighted by Gasteiger charge is -2.34. The third-order valence-electron chi connectivity index (χ3n) is 4.42. The first-order chi connectivity index (χ1) is 7.90. The standard InChI is InChI=1S/C14H28N2.ClH/c1-2-14-6-4-3-5-11-16(14)12-13-7-9-15-10-8-13;/h13-15H,2-12H2,1H3;1H. The molecular formula is C14H29ClN2. The Morgan fingerprint density at radius 3 is 2.53 bits per heavy atom. The van der Waals surface area contributed by atoms with Crippen LogP contribution in [0.4, 0.5) is 0 Å². The largest absolute Gasteiger partial charge is 0.317 e. The van der Waals surface area contributed by atoms with E-state index < -0.39 is 0 Å². The quantitative estimate of drug-likeness (QED) is 0.839. The molecule has 2 saturated heterocycles. The summed E-state index contributed by atoms with van der Waals surface area (Å²) in [7, 11) is 0. The van der Waals surface area contributed by atoms with Crippen molar-refractivity contribution in [3.8, 4) is 0 Å². The lowest BCUT2D eigenvalue weighted by Crippen LogP contribution is -2.41. The average Bonchev–Trinajstić information content (AvgIpc) is 2.55. The van der Waals surface area contributed by atoms with E-state index in [0.717, 1.165) is 12.0 Å². The first-order valence-corrected chi connectivity index (χ1v) is 7.35. The Morgan fingerprint density at radius 2 is 1.82 bits per heavy atom. The highest BCUT2D eigenvalue weighted by atomic mass is 35.5. The van der Waals surface area contributed by atoms with Crippen LogP contribution < -0.4 is 5.32 Å². The van der Waals surface area contributed by atoms with E-state index >= 15 is 0 Å². The Kier molecular flexibility index (Phi) is 7.49. The zero-order valence-corrected chi connectivity index (χ0v) is 12.1. The fraction of sp³-hybridized carbons (Fsp3) is 1.00. The van der Waals surface area contributed by atoms with Gasteiger partial charge in [-0.3, -0.25) is 0 Å². The highest BCUT2D eigenvalue weighted by Crippen LogP contribution is 2.22. The molecule has 1 unspecified atom stereocenters. The highest BCUT2D eigenvalue weighted by Gasteiger charge is 2.23. The lowest BCUT2D eigenvalue weighted by atomic mass is 9.96. The minimum absolute atomic E-state index is 0. The van der Waals surface area contributed by atoms with E-state index in [1.165, 1.54) is 71.1 Å². The van der Waals surface area contributed by atoms with Crippen LogP contribution in [0.3, 0.4) is 0 Å². The molecule has 102 valence electrons. The fourth-order valence-corrected chi connectivity index (χ4v) is 3.34. The van der Waals surface area contributed by atoms with Crippen LogP contribution in [0.25, 0.3) is 0 Å². The molecule has 0 aromatic carbocycles. The van der Waals surface area contributed by atoms with E-state index in [1.54, 1.807) is 0 Å². The maximum Gasteiger partial charge on any atom is 0.00927 e. The van der Waals surface area contributed by atoms with Gasteiger partial charge in [-0.2, -0.15) is 0 Å². The van der Waals surface area contributed by atoms with Gasteiger partial charge in [0.15, 0.2) is 0 Å². The first kappa shape index (κ1) is 15.3. The van der Waals surface area contributed by atoms with Crippen LogP contribution in [0.2, 0.25) is 0 Å².